The number of carbonyl (C=O) groups excluding carboxylic acids is 1. The molecule has 0 radical (unpaired) electrons. The highest BCUT2D eigenvalue weighted by Crippen LogP contribution is 2.33. The summed E-state index contributed by atoms with van der Waals surface area (Å²) >= 11 is 0. The number of nitrogens with zero attached hydrogens (tertiary/aromatic N) is 1. The molecule has 1 aliphatic rings. The van der Waals surface area contributed by atoms with Crippen LogP contribution < -0.4 is 15.0 Å². The molecule has 4 heteroatoms. The number of amides is 1. The topological polar surface area (TPSA) is 41.6 Å². The maximum absolute atomic E-state index is 11.5. The van der Waals surface area contributed by atoms with Gasteiger partial charge in [0.1, 0.15) is 5.75 Å². The van der Waals surface area contributed by atoms with E-state index in [0.717, 1.165) is 17.1 Å². The van der Waals surface area contributed by atoms with E-state index in [0.29, 0.717) is 6.04 Å². The van der Waals surface area contributed by atoms with Crippen molar-refractivity contribution in [2.45, 2.75) is 19.9 Å². The number of benzene rings is 1. The lowest BCUT2D eigenvalue weighted by molar-refractivity contribution is -0.120. The molecule has 0 bridgehead atoms. The molecular weight excluding hydrogens is 204 g/mol. The molecule has 1 amide bonds. The molecule has 4 nitrogen and oxygen atoms in total. The van der Waals surface area contributed by atoms with Crippen molar-refractivity contribution in [1.29, 1.82) is 0 Å². The summed E-state index contributed by atoms with van der Waals surface area (Å²) in [5, 5.41) is 3.30. The van der Waals surface area contributed by atoms with Crippen molar-refractivity contribution < 1.29 is 9.53 Å². The van der Waals surface area contributed by atoms with Crippen LogP contribution in [0.4, 0.5) is 11.4 Å². The molecule has 1 N–H and O–H groups in total. The first kappa shape index (κ1) is 10.8. The number of carbonyl (C=O) groups is 1. The Morgan fingerprint density at radius 2 is 2.19 bits per heavy atom. The quantitative estimate of drug-likeness (QED) is 0.827. The van der Waals surface area contributed by atoms with Crippen LogP contribution in [0.2, 0.25) is 0 Å². The molecule has 0 unspecified atom stereocenters. The second kappa shape index (κ2) is 4.04. The zero-order valence-electron chi connectivity index (χ0n) is 9.78. The highest BCUT2D eigenvalue weighted by Gasteiger charge is 2.22. The summed E-state index contributed by atoms with van der Waals surface area (Å²) in [4.78, 5) is 13.1. The molecule has 0 saturated heterocycles. The molecule has 1 aromatic rings. The van der Waals surface area contributed by atoms with E-state index >= 15 is 0 Å². The average Bonchev–Trinajstić information content (AvgIpc) is 2.23. The van der Waals surface area contributed by atoms with Gasteiger partial charge < -0.3 is 15.0 Å². The summed E-state index contributed by atoms with van der Waals surface area (Å²) < 4.78 is 5.35. The van der Waals surface area contributed by atoms with Gasteiger partial charge in [0.25, 0.3) is 5.91 Å². The monoisotopic (exact) mass is 220 g/mol. The average molecular weight is 220 g/mol. The highest BCUT2D eigenvalue weighted by atomic mass is 16.5. The minimum absolute atomic E-state index is 0.0193. The predicted molar refractivity (Wildman–Crippen MR) is 64.1 cm³/mol. The first-order valence-electron chi connectivity index (χ1n) is 5.38. The van der Waals surface area contributed by atoms with E-state index in [1.807, 2.05) is 18.2 Å². The minimum atomic E-state index is -0.0193. The van der Waals surface area contributed by atoms with Crippen molar-refractivity contribution in [2.24, 2.45) is 0 Å². The van der Waals surface area contributed by atoms with Gasteiger partial charge in [0, 0.05) is 18.8 Å². The Morgan fingerprint density at radius 1 is 1.44 bits per heavy atom. The second-order valence-electron chi connectivity index (χ2n) is 4.22. The lowest BCUT2D eigenvalue weighted by Crippen LogP contribution is -2.35. The van der Waals surface area contributed by atoms with Gasteiger partial charge >= 0.3 is 0 Å². The van der Waals surface area contributed by atoms with Crippen LogP contribution in [0.5, 0.6) is 5.75 Å². The molecule has 86 valence electrons. The van der Waals surface area contributed by atoms with Crippen molar-refractivity contribution >= 4 is 17.3 Å². The minimum Gasteiger partial charge on any atom is -0.482 e. The third-order valence-electron chi connectivity index (χ3n) is 2.50. The van der Waals surface area contributed by atoms with Gasteiger partial charge in [0.15, 0.2) is 6.61 Å². The zero-order valence-corrected chi connectivity index (χ0v) is 9.78. The number of rotatable bonds is 2. The van der Waals surface area contributed by atoms with E-state index in [4.69, 9.17) is 4.74 Å². The standard InChI is InChI=1S/C12H16N2O2/c1-8(2)13-9-4-5-11-10(6-9)14(3)12(15)7-16-11/h4-6,8,13H,7H2,1-3H3. The number of nitrogens with one attached hydrogen (secondary N) is 1. The van der Waals surface area contributed by atoms with E-state index in [-0.39, 0.29) is 12.5 Å². The molecule has 0 aliphatic carbocycles. The van der Waals surface area contributed by atoms with Crippen LogP contribution in [0.15, 0.2) is 18.2 Å². The Hall–Kier alpha value is -1.71. The number of hydrogen-bond acceptors (Lipinski definition) is 3. The fourth-order valence-electron chi connectivity index (χ4n) is 1.70. The molecule has 1 aliphatic heterocycles. The van der Waals surface area contributed by atoms with Gasteiger partial charge in [-0.05, 0) is 32.0 Å². The molecule has 16 heavy (non-hydrogen) atoms. The summed E-state index contributed by atoms with van der Waals surface area (Å²) in [6.45, 7) is 4.27. The van der Waals surface area contributed by atoms with Gasteiger partial charge in [-0.3, -0.25) is 4.79 Å². The predicted octanol–water partition coefficient (Wildman–Crippen LogP) is 1.86. The summed E-state index contributed by atoms with van der Waals surface area (Å²) in [5.41, 5.74) is 1.82. The van der Waals surface area contributed by atoms with Crippen LogP contribution in [-0.4, -0.2) is 25.6 Å². The molecular formula is C12H16N2O2. The van der Waals surface area contributed by atoms with E-state index in [2.05, 4.69) is 19.2 Å². The van der Waals surface area contributed by atoms with Crippen LogP contribution in [0.25, 0.3) is 0 Å². The normalized spacial score (nSPS) is 14.8. The van der Waals surface area contributed by atoms with Gasteiger partial charge in [-0.1, -0.05) is 0 Å². The number of likely N-dealkylation sites (N-methyl/N-ethyl adjacent to an activating group) is 1. The van der Waals surface area contributed by atoms with Crippen molar-refractivity contribution in [3.8, 4) is 5.75 Å². The number of anilines is 2. The van der Waals surface area contributed by atoms with Gasteiger partial charge in [0.05, 0.1) is 5.69 Å². The van der Waals surface area contributed by atoms with Crippen molar-refractivity contribution in [1.82, 2.24) is 0 Å². The molecule has 1 heterocycles. The number of hydrogen-bond donors (Lipinski definition) is 1. The van der Waals surface area contributed by atoms with Crippen LogP contribution in [0.3, 0.4) is 0 Å². The number of fused-ring (bicyclic) bond motifs is 1. The second-order valence-corrected chi connectivity index (χ2v) is 4.22. The third kappa shape index (κ3) is 1.96. The van der Waals surface area contributed by atoms with Crippen molar-refractivity contribution in [3.05, 3.63) is 18.2 Å². The molecule has 0 aromatic heterocycles. The maximum Gasteiger partial charge on any atom is 0.264 e. The van der Waals surface area contributed by atoms with E-state index in [1.165, 1.54) is 0 Å². The summed E-state index contributed by atoms with van der Waals surface area (Å²) in [6.07, 6.45) is 0. The molecule has 2 rings (SSSR count). The van der Waals surface area contributed by atoms with Crippen LogP contribution in [0.1, 0.15) is 13.8 Å². The SMILES string of the molecule is CC(C)Nc1ccc2c(c1)N(C)C(=O)CO2. The van der Waals surface area contributed by atoms with Gasteiger partial charge in [0.2, 0.25) is 0 Å². The fourth-order valence-corrected chi connectivity index (χ4v) is 1.70. The molecule has 0 atom stereocenters. The first-order chi connectivity index (χ1) is 7.58. The maximum atomic E-state index is 11.5. The van der Waals surface area contributed by atoms with Crippen molar-refractivity contribution in [3.63, 3.8) is 0 Å². The Balaban J connectivity index is 2.33. The summed E-state index contributed by atoms with van der Waals surface area (Å²) in [7, 11) is 1.77. The summed E-state index contributed by atoms with van der Waals surface area (Å²) in [5.74, 6) is 0.741. The van der Waals surface area contributed by atoms with E-state index in [9.17, 15) is 4.79 Å². The molecule has 0 spiro atoms. The lowest BCUT2D eigenvalue weighted by atomic mass is 10.2. The Bertz CT molecular complexity index is 415. The molecule has 0 saturated carbocycles. The third-order valence-corrected chi connectivity index (χ3v) is 2.50. The lowest BCUT2D eigenvalue weighted by Gasteiger charge is -2.26. The van der Waals surface area contributed by atoms with E-state index in [1.54, 1.807) is 11.9 Å². The Labute approximate surface area is 95.2 Å². The summed E-state index contributed by atoms with van der Waals surface area (Å²) in [6, 6.07) is 6.15. The largest absolute Gasteiger partial charge is 0.482 e. The number of ether oxygens (including phenoxy) is 1. The fraction of sp³-hybridized carbons (Fsp3) is 0.417. The zero-order chi connectivity index (χ0) is 11.7. The van der Waals surface area contributed by atoms with Crippen molar-refractivity contribution in [2.75, 3.05) is 23.9 Å². The van der Waals surface area contributed by atoms with Crippen LogP contribution in [0, 0.1) is 0 Å². The van der Waals surface area contributed by atoms with Gasteiger partial charge in [-0.15, -0.1) is 0 Å². The smallest absolute Gasteiger partial charge is 0.264 e. The Kier molecular flexibility index (Phi) is 2.73. The van der Waals surface area contributed by atoms with Crippen LogP contribution in [-0.2, 0) is 4.79 Å². The molecule has 0 fully saturated rings. The van der Waals surface area contributed by atoms with Crippen LogP contribution >= 0.6 is 0 Å². The van der Waals surface area contributed by atoms with Gasteiger partial charge in [-0.2, -0.15) is 0 Å². The highest BCUT2D eigenvalue weighted by molar-refractivity contribution is 5.97. The molecule has 1 aromatic carbocycles. The first-order valence-corrected chi connectivity index (χ1v) is 5.38. The van der Waals surface area contributed by atoms with E-state index < -0.39 is 0 Å². The Morgan fingerprint density at radius 3 is 2.88 bits per heavy atom. The van der Waals surface area contributed by atoms with Gasteiger partial charge in [-0.25, -0.2) is 0 Å².